The summed E-state index contributed by atoms with van der Waals surface area (Å²) in [5, 5.41) is 11.0. The first kappa shape index (κ1) is 25.2. The minimum absolute atomic E-state index is 0.159. The van der Waals surface area contributed by atoms with Crippen molar-refractivity contribution in [3.05, 3.63) is 38.2 Å². The predicted octanol–water partition coefficient (Wildman–Crippen LogP) is 0.641. The molecule has 2 heterocycles. The van der Waals surface area contributed by atoms with Crippen LogP contribution in [0.2, 0.25) is 25.7 Å². The maximum absolute atomic E-state index is 13.0. The molecule has 0 spiro atoms. The molecule has 0 aromatic carbocycles. The number of hydrogen-bond acceptors (Lipinski definition) is 8. The lowest BCUT2D eigenvalue weighted by atomic mass is 10.0. The number of aromatic nitrogens is 2. The third kappa shape index (κ3) is 6.23. The molecule has 1 aromatic rings. The van der Waals surface area contributed by atoms with Crippen LogP contribution in [0.4, 0.5) is 0 Å². The van der Waals surface area contributed by atoms with Crippen LogP contribution in [0.3, 0.4) is 0 Å². The number of esters is 1. The van der Waals surface area contributed by atoms with Gasteiger partial charge in [0.1, 0.15) is 12.8 Å². The van der Waals surface area contributed by atoms with Gasteiger partial charge in [0, 0.05) is 45.3 Å². The first-order chi connectivity index (χ1) is 14.5. The van der Waals surface area contributed by atoms with Gasteiger partial charge in [-0.05, 0) is 19.9 Å². The van der Waals surface area contributed by atoms with E-state index in [9.17, 15) is 19.5 Å². The summed E-state index contributed by atoms with van der Waals surface area (Å²) in [5.41, 5.74) is -0.349. The molecular formula is C20H33N3O7Si. The average molecular weight is 456 g/mol. The summed E-state index contributed by atoms with van der Waals surface area (Å²) in [7, 11) is 0.244. The minimum atomic E-state index is -1.30. The van der Waals surface area contributed by atoms with Gasteiger partial charge in [-0.25, -0.2) is 14.2 Å². The summed E-state index contributed by atoms with van der Waals surface area (Å²) in [4.78, 5) is 43.4. The van der Waals surface area contributed by atoms with E-state index in [0.29, 0.717) is 17.7 Å². The van der Waals surface area contributed by atoms with Crippen molar-refractivity contribution in [3.8, 4) is 0 Å². The van der Waals surface area contributed by atoms with E-state index in [0.717, 1.165) is 10.6 Å². The molecule has 0 unspecified atom stereocenters. The largest absolute Gasteiger partial charge is 0.465 e. The van der Waals surface area contributed by atoms with Crippen molar-refractivity contribution in [1.82, 2.24) is 14.2 Å². The van der Waals surface area contributed by atoms with E-state index in [-0.39, 0.29) is 19.9 Å². The summed E-state index contributed by atoms with van der Waals surface area (Å²) in [6.07, 6.45) is 1.99. The number of aryl methyl sites for hydroxylation is 1. The second-order valence-corrected chi connectivity index (χ2v) is 14.3. The fraction of sp³-hybridized carbons (Fsp3) is 0.650. The van der Waals surface area contributed by atoms with Crippen molar-refractivity contribution < 1.29 is 24.2 Å². The number of hydrogen-bond donors (Lipinski definition) is 1. The normalized spacial score (nSPS) is 21.1. The fourth-order valence-corrected chi connectivity index (χ4v) is 3.92. The van der Waals surface area contributed by atoms with Crippen molar-refractivity contribution in [2.45, 2.75) is 58.4 Å². The Balaban J connectivity index is 2.41. The molecule has 0 bridgehead atoms. The Hall–Kier alpha value is -2.05. The number of carbonyl (C=O) groups is 1. The number of ether oxygens (including phenoxy) is 2. The molecular weight excluding hydrogens is 422 g/mol. The molecule has 1 saturated heterocycles. The molecule has 1 fully saturated rings. The number of hydroxylamine groups is 2. The molecule has 0 amide bonds. The second kappa shape index (κ2) is 10.5. The molecule has 11 heteroatoms. The Bertz CT molecular complexity index is 932. The van der Waals surface area contributed by atoms with Gasteiger partial charge in [-0.3, -0.25) is 14.2 Å². The molecule has 0 aliphatic carbocycles. The lowest BCUT2D eigenvalue weighted by Crippen LogP contribution is -2.41. The molecule has 1 aliphatic rings. The lowest BCUT2D eigenvalue weighted by Gasteiger charge is -2.17. The standard InChI is InChI=1S/C20H33N3O7Si/c1-7-29-19(26)17-15(16(12-24)30-21(17)3)11-22-10-14(2)18(25)23(20(22)27)13-28-8-9-31(4,5)6/h10-11,16-17,24H,7-9,12-13H2,1-6H3/b15-11+/t16-,17+/m0/s1. The Morgan fingerprint density at radius 2 is 2.00 bits per heavy atom. The van der Waals surface area contributed by atoms with Crippen LogP contribution < -0.4 is 11.2 Å². The SMILES string of the molecule is CCOC(=O)[C@H]1/C(=C/n2cc(C)c(=O)n(COCC[Si](C)(C)C)c2=O)[C@H](CO)ON1C. The fourth-order valence-electron chi connectivity index (χ4n) is 3.17. The van der Waals surface area contributed by atoms with Gasteiger partial charge in [-0.2, -0.15) is 5.06 Å². The number of aliphatic hydroxyl groups excluding tert-OH is 1. The molecule has 10 nitrogen and oxygen atoms in total. The van der Waals surface area contributed by atoms with Crippen LogP contribution in [0.25, 0.3) is 6.20 Å². The highest BCUT2D eigenvalue weighted by Crippen LogP contribution is 2.27. The summed E-state index contributed by atoms with van der Waals surface area (Å²) in [5.74, 6) is -0.556. The van der Waals surface area contributed by atoms with Crippen LogP contribution in [-0.4, -0.2) is 72.4 Å². The number of carbonyl (C=O) groups excluding carboxylic acids is 1. The molecule has 31 heavy (non-hydrogen) atoms. The average Bonchev–Trinajstić information content (AvgIpc) is 3.00. The van der Waals surface area contributed by atoms with E-state index in [4.69, 9.17) is 14.3 Å². The zero-order valence-electron chi connectivity index (χ0n) is 19.1. The highest BCUT2D eigenvalue weighted by atomic mass is 28.3. The summed E-state index contributed by atoms with van der Waals surface area (Å²) in [6.45, 7) is 10.0. The summed E-state index contributed by atoms with van der Waals surface area (Å²) in [6, 6.07) is -0.00723. The Labute approximate surface area is 182 Å². The highest BCUT2D eigenvalue weighted by molar-refractivity contribution is 6.76. The Morgan fingerprint density at radius 3 is 2.58 bits per heavy atom. The van der Waals surface area contributed by atoms with Gasteiger partial charge in [-0.1, -0.05) is 19.6 Å². The highest BCUT2D eigenvalue weighted by Gasteiger charge is 2.42. The van der Waals surface area contributed by atoms with Crippen LogP contribution in [0.15, 0.2) is 21.4 Å². The quantitative estimate of drug-likeness (QED) is 0.328. The summed E-state index contributed by atoms with van der Waals surface area (Å²) < 4.78 is 12.9. The zero-order valence-corrected chi connectivity index (χ0v) is 20.1. The first-order valence-electron chi connectivity index (χ1n) is 10.3. The molecule has 2 atom stereocenters. The van der Waals surface area contributed by atoms with Crippen LogP contribution in [0.1, 0.15) is 12.5 Å². The third-order valence-electron chi connectivity index (χ3n) is 4.89. The number of aliphatic hydroxyl groups is 1. The van der Waals surface area contributed by atoms with Crippen LogP contribution in [0, 0.1) is 6.92 Å². The van der Waals surface area contributed by atoms with Gasteiger partial charge in [0.2, 0.25) is 0 Å². The van der Waals surface area contributed by atoms with E-state index < -0.39 is 37.4 Å². The molecule has 2 rings (SSSR count). The van der Waals surface area contributed by atoms with Crippen molar-refractivity contribution in [2.75, 3.05) is 26.9 Å². The topological polar surface area (TPSA) is 112 Å². The van der Waals surface area contributed by atoms with Gasteiger partial charge < -0.3 is 14.6 Å². The van der Waals surface area contributed by atoms with Gasteiger partial charge in [0.05, 0.1) is 13.2 Å². The van der Waals surface area contributed by atoms with Gasteiger partial charge in [-0.15, -0.1) is 0 Å². The molecule has 174 valence electrons. The van der Waals surface area contributed by atoms with Crippen molar-refractivity contribution >= 4 is 20.2 Å². The van der Waals surface area contributed by atoms with E-state index in [1.54, 1.807) is 20.9 Å². The smallest absolute Gasteiger partial charge is 0.337 e. The van der Waals surface area contributed by atoms with E-state index in [1.807, 2.05) is 0 Å². The number of rotatable bonds is 9. The molecule has 0 saturated carbocycles. The van der Waals surface area contributed by atoms with E-state index in [1.165, 1.54) is 22.0 Å². The van der Waals surface area contributed by atoms with Gasteiger partial charge in [0.25, 0.3) is 5.56 Å². The monoisotopic (exact) mass is 455 g/mol. The van der Waals surface area contributed by atoms with Crippen molar-refractivity contribution in [3.63, 3.8) is 0 Å². The minimum Gasteiger partial charge on any atom is -0.465 e. The number of likely N-dealkylation sites (N-methyl/N-ethyl adjacent to an activating group) is 1. The molecule has 0 radical (unpaired) electrons. The molecule has 1 N–H and O–H groups in total. The van der Waals surface area contributed by atoms with Crippen molar-refractivity contribution in [1.29, 1.82) is 0 Å². The Kier molecular flexibility index (Phi) is 8.54. The number of nitrogens with zero attached hydrogens (tertiary/aromatic N) is 3. The van der Waals surface area contributed by atoms with Crippen LogP contribution >= 0.6 is 0 Å². The van der Waals surface area contributed by atoms with E-state index >= 15 is 0 Å². The maximum Gasteiger partial charge on any atom is 0.337 e. The predicted molar refractivity (Wildman–Crippen MR) is 118 cm³/mol. The zero-order chi connectivity index (χ0) is 23.3. The van der Waals surface area contributed by atoms with Crippen LogP contribution in [0.5, 0.6) is 0 Å². The second-order valence-electron chi connectivity index (χ2n) is 8.69. The molecule has 1 aromatic heterocycles. The molecule has 1 aliphatic heterocycles. The first-order valence-corrected chi connectivity index (χ1v) is 14.0. The maximum atomic E-state index is 13.0. The van der Waals surface area contributed by atoms with Gasteiger partial charge in [0.15, 0.2) is 6.04 Å². The van der Waals surface area contributed by atoms with Gasteiger partial charge >= 0.3 is 11.7 Å². The van der Waals surface area contributed by atoms with E-state index in [2.05, 4.69) is 19.6 Å². The van der Waals surface area contributed by atoms with Crippen molar-refractivity contribution in [2.24, 2.45) is 0 Å². The summed E-state index contributed by atoms with van der Waals surface area (Å²) >= 11 is 0. The Morgan fingerprint density at radius 1 is 1.32 bits per heavy atom. The lowest BCUT2D eigenvalue weighted by molar-refractivity contribution is -0.175. The van der Waals surface area contributed by atoms with Crippen LogP contribution in [-0.2, 0) is 25.8 Å². The third-order valence-corrected chi connectivity index (χ3v) is 6.60.